The van der Waals surface area contributed by atoms with Gasteiger partial charge in [-0.05, 0) is 42.5 Å². The normalized spacial score (nSPS) is 17.2. The van der Waals surface area contributed by atoms with Gasteiger partial charge in [0, 0.05) is 29.6 Å². The number of hydrogen-bond donors (Lipinski definition) is 1. The van der Waals surface area contributed by atoms with Gasteiger partial charge in [0.2, 0.25) is 5.91 Å². The van der Waals surface area contributed by atoms with Crippen LogP contribution in [0.5, 0.6) is 0 Å². The van der Waals surface area contributed by atoms with Crippen molar-refractivity contribution >= 4 is 46.1 Å². The lowest BCUT2D eigenvalue weighted by Gasteiger charge is -2.24. The summed E-state index contributed by atoms with van der Waals surface area (Å²) in [6.45, 7) is 2.58. The molecule has 0 radical (unpaired) electrons. The summed E-state index contributed by atoms with van der Waals surface area (Å²) in [7, 11) is 0. The molecule has 25 heavy (non-hydrogen) atoms. The molecule has 2 heterocycles. The zero-order valence-electron chi connectivity index (χ0n) is 13.7. The van der Waals surface area contributed by atoms with Gasteiger partial charge in [0.25, 0.3) is 0 Å². The molecule has 0 bridgehead atoms. The Labute approximate surface area is 161 Å². The van der Waals surface area contributed by atoms with Crippen molar-refractivity contribution in [3.63, 3.8) is 0 Å². The predicted octanol–water partition coefficient (Wildman–Crippen LogP) is 4.67. The van der Waals surface area contributed by atoms with E-state index >= 15 is 0 Å². The van der Waals surface area contributed by atoms with Gasteiger partial charge >= 0.3 is 0 Å². The van der Waals surface area contributed by atoms with E-state index < -0.39 is 0 Å². The molecule has 1 aliphatic heterocycles. The van der Waals surface area contributed by atoms with E-state index in [1.807, 2.05) is 11.4 Å². The molecule has 1 saturated heterocycles. The molecule has 1 aliphatic rings. The highest BCUT2D eigenvalue weighted by molar-refractivity contribution is 7.09. The van der Waals surface area contributed by atoms with E-state index in [1.165, 1.54) is 4.88 Å². The number of hydrogen-bond acceptors (Lipinski definition) is 4. The average molecular weight is 399 g/mol. The summed E-state index contributed by atoms with van der Waals surface area (Å²) in [5.74, 6) is -0.0984. The third-order valence-corrected chi connectivity index (χ3v) is 5.43. The Hall–Kier alpha value is -1.11. The maximum Gasteiger partial charge on any atom is 0.238 e. The zero-order chi connectivity index (χ0) is 17.6. The minimum absolute atomic E-state index is 0.0984. The largest absolute Gasteiger partial charge is 0.377 e. The van der Waals surface area contributed by atoms with Crippen LogP contribution in [0.25, 0.3) is 0 Å². The molecule has 1 aromatic heterocycles. The molecule has 0 unspecified atom stereocenters. The number of halogens is 2. The standard InChI is InChI=1S/C18H20Cl2N2O2S/c19-13-5-6-17(16(20)9-13)21-18(23)12-22(10-14-3-1-7-24-14)11-15-4-2-8-25-15/h2,4-6,8-9,14H,1,3,7,10-12H2,(H,21,23)/t14-/m0/s1. The Bertz CT molecular complexity index is 703. The Balaban J connectivity index is 1.62. The van der Waals surface area contributed by atoms with Gasteiger partial charge in [0.1, 0.15) is 0 Å². The summed E-state index contributed by atoms with van der Waals surface area (Å²) in [4.78, 5) is 15.8. The molecule has 0 aliphatic carbocycles. The van der Waals surface area contributed by atoms with Gasteiger partial charge in [-0.1, -0.05) is 29.3 Å². The number of ether oxygens (including phenoxy) is 1. The third-order valence-electron chi connectivity index (χ3n) is 4.02. The molecule has 2 aromatic rings. The number of rotatable bonds is 7. The van der Waals surface area contributed by atoms with Crippen LogP contribution >= 0.6 is 34.5 Å². The highest BCUT2D eigenvalue weighted by Gasteiger charge is 2.21. The lowest BCUT2D eigenvalue weighted by atomic mass is 10.2. The number of benzene rings is 1. The van der Waals surface area contributed by atoms with E-state index in [2.05, 4.69) is 16.3 Å². The summed E-state index contributed by atoms with van der Waals surface area (Å²) in [6.07, 6.45) is 2.34. The number of carbonyl (C=O) groups excluding carboxylic acids is 1. The van der Waals surface area contributed by atoms with E-state index in [-0.39, 0.29) is 18.6 Å². The van der Waals surface area contributed by atoms with E-state index in [9.17, 15) is 4.79 Å². The lowest BCUT2D eigenvalue weighted by Crippen LogP contribution is -2.37. The molecule has 1 N–H and O–H groups in total. The quantitative estimate of drug-likeness (QED) is 0.736. The van der Waals surface area contributed by atoms with Gasteiger partial charge in [0.05, 0.1) is 23.4 Å². The second kappa shape index (κ2) is 9.01. The van der Waals surface area contributed by atoms with Crippen LogP contribution in [-0.2, 0) is 16.1 Å². The van der Waals surface area contributed by atoms with Crippen molar-refractivity contribution in [1.29, 1.82) is 0 Å². The number of carbonyl (C=O) groups is 1. The topological polar surface area (TPSA) is 41.6 Å². The Morgan fingerprint density at radius 2 is 2.24 bits per heavy atom. The average Bonchev–Trinajstić information content (AvgIpc) is 3.24. The third kappa shape index (κ3) is 5.69. The van der Waals surface area contributed by atoms with Gasteiger partial charge in [-0.3, -0.25) is 9.69 Å². The molecule has 1 amide bonds. The summed E-state index contributed by atoms with van der Waals surface area (Å²) in [5, 5.41) is 5.89. The predicted molar refractivity (Wildman–Crippen MR) is 104 cm³/mol. The first kappa shape index (κ1) is 18.7. The van der Waals surface area contributed by atoms with Gasteiger partial charge < -0.3 is 10.1 Å². The second-order valence-electron chi connectivity index (χ2n) is 6.06. The first-order valence-corrected chi connectivity index (χ1v) is 9.85. The Morgan fingerprint density at radius 3 is 2.92 bits per heavy atom. The van der Waals surface area contributed by atoms with E-state index in [0.29, 0.717) is 15.7 Å². The van der Waals surface area contributed by atoms with Gasteiger partial charge in [-0.15, -0.1) is 11.3 Å². The minimum atomic E-state index is -0.0984. The summed E-state index contributed by atoms with van der Waals surface area (Å²) >= 11 is 13.7. The molecule has 1 atom stereocenters. The number of anilines is 1. The summed E-state index contributed by atoms with van der Waals surface area (Å²) in [5.41, 5.74) is 0.573. The molecule has 3 rings (SSSR count). The van der Waals surface area contributed by atoms with Crippen LogP contribution in [0.15, 0.2) is 35.7 Å². The maximum absolute atomic E-state index is 12.5. The van der Waals surface area contributed by atoms with Gasteiger partial charge in [0.15, 0.2) is 0 Å². The number of nitrogens with one attached hydrogen (secondary N) is 1. The van der Waals surface area contributed by atoms with Crippen molar-refractivity contribution in [2.75, 3.05) is 25.0 Å². The van der Waals surface area contributed by atoms with Crippen LogP contribution in [0.2, 0.25) is 10.0 Å². The van der Waals surface area contributed by atoms with Crippen LogP contribution in [0.3, 0.4) is 0 Å². The molecule has 7 heteroatoms. The molecular weight excluding hydrogens is 379 g/mol. The van der Waals surface area contributed by atoms with Gasteiger partial charge in [-0.2, -0.15) is 0 Å². The van der Waals surface area contributed by atoms with Crippen LogP contribution < -0.4 is 5.32 Å². The zero-order valence-corrected chi connectivity index (χ0v) is 16.0. The molecule has 4 nitrogen and oxygen atoms in total. The highest BCUT2D eigenvalue weighted by atomic mass is 35.5. The fourth-order valence-corrected chi connectivity index (χ4v) is 4.07. The second-order valence-corrected chi connectivity index (χ2v) is 7.93. The molecule has 1 fully saturated rings. The van der Waals surface area contributed by atoms with Crippen LogP contribution in [0.1, 0.15) is 17.7 Å². The van der Waals surface area contributed by atoms with Crippen molar-refractivity contribution in [3.8, 4) is 0 Å². The van der Waals surface area contributed by atoms with E-state index in [0.717, 1.165) is 32.5 Å². The number of thiophene rings is 1. The fourth-order valence-electron chi connectivity index (χ4n) is 2.87. The maximum atomic E-state index is 12.5. The van der Waals surface area contributed by atoms with Crippen molar-refractivity contribution < 1.29 is 9.53 Å². The molecule has 0 saturated carbocycles. The highest BCUT2D eigenvalue weighted by Crippen LogP contribution is 2.25. The van der Waals surface area contributed by atoms with Crippen molar-refractivity contribution in [2.24, 2.45) is 0 Å². The van der Waals surface area contributed by atoms with Crippen LogP contribution in [0.4, 0.5) is 5.69 Å². The van der Waals surface area contributed by atoms with Crippen LogP contribution in [0, 0.1) is 0 Å². The van der Waals surface area contributed by atoms with Crippen molar-refractivity contribution in [1.82, 2.24) is 4.90 Å². The molecule has 1 aromatic carbocycles. The first-order chi connectivity index (χ1) is 12.1. The van der Waals surface area contributed by atoms with Crippen molar-refractivity contribution in [3.05, 3.63) is 50.6 Å². The Kier molecular flexibility index (Phi) is 6.73. The molecule has 134 valence electrons. The first-order valence-electron chi connectivity index (χ1n) is 8.21. The Morgan fingerprint density at radius 1 is 1.36 bits per heavy atom. The summed E-state index contributed by atoms with van der Waals surface area (Å²) < 4.78 is 5.73. The molecular formula is C18H20Cl2N2O2S. The summed E-state index contributed by atoms with van der Waals surface area (Å²) in [6, 6.07) is 9.15. The van der Waals surface area contributed by atoms with Crippen molar-refractivity contribution in [2.45, 2.75) is 25.5 Å². The number of nitrogens with zero attached hydrogens (tertiary/aromatic N) is 1. The lowest BCUT2D eigenvalue weighted by molar-refractivity contribution is -0.117. The SMILES string of the molecule is O=C(CN(Cc1cccs1)C[C@@H]1CCCO1)Nc1ccc(Cl)cc1Cl. The minimum Gasteiger partial charge on any atom is -0.377 e. The van der Waals surface area contributed by atoms with E-state index in [1.54, 1.807) is 29.5 Å². The fraction of sp³-hybridized carbons (Fsp3) is 0.389. The molecule has 0 spiro atoms. The van der Waals surface area contributed by atoms with Gasteiger partial charge in [-0.25, -0.2) is 0 Å². The van der Waals surface area contributed by atoms with E-state index in [4.69, 9.17) is 27.9 Å². The monoisotopic (exact) mass is 398 g/mol. The number of amides is 1. The van der Waals surface area contributed by atoms with Crippen LogP contribution in [-0.4, -0.2) is 36.6 Å². The smallest absolute Gasteiger partial charge is 0.238 e.